The molecule has 0 aliphatic carbocycles. The van der Waals surface area contributed by atoms with Crippen molar-refractivity contribution < 1.29 is 28.4 Å². The van der Waals surface area contributed by atoms with Crippen molar-refractivity contribution in [2.45, 2.75) is 104 Å². The van der Waals surface area contributed by atoms with Gasteiger partial charge in [-0.05, 0) is 69.9 Å². The smallest absolute Gasteiger partial charge is 0.126 e. The molecule has 2 aliphatic rings. The van der Waals surface area contributed by atoms with Crippen molar-refractivity contribution in [1.29, 1.82) is 0 Å². The molecule has 2 atom stereocenters. The van der Waals surface area contributed by atoms with Crippen molar-refractivity contribution in [3.63, 3.8) is 0 Å². The summed E-state index contributed by atoms with van der Waals surface area (Å²) >= 11 is 0. The Morgan fingerprint density at radius 3 is 1.12 bits per heavy atom. The molecule has 42 heavy (non-hydrogen) atoms. The zero-order valence-corrected chi connectivity index (χ0v) is 27.3. The Morgan fingerprint density at radius 2 is 0.857 bits per heavy atom. The molecule has 2 fully saturated rings. The lowest BCUT2D eigenvalue weighted by atomic mass is 9.88. The highest BCUT2D eigenvalue weighted by atomic mass is 16.6. The Balaban J connectivity index is 1.47. The van der Waals surface area contributed by atoms with Gasteiger partial charge in [0.05, 0.1) is 39.6 Å². The first-order valence-corrected chi connectivity index (χ1v) is 16.1. The van der Waals surface area contributed by atoms with E-state index in [1.54, 1.807) is 0 Å². The number of aryl methyl sites for hydroxylation is 2. The molecule has 2 heterocycles. The van der Waals surface area contributed by atoms with Gasteiger partial charge in [0.2, 0.25) is 0 Å². The zero-order valence-electron chi connectivity index (χ0n) is 27.3. The van der Waals surface area contributed by atoms with Gasteiger partial charge in [0, 0.05) is 0 Å². The first kappa shape index (κ1) is 32.8. The summed E-state index contributed by atoms with van der Waals surface area (Å²) in [5.74, 6) is 3.56. The molecule has 2 aromatic carbocycles. The number of rotatable bonds is 19. The third-order valence-corrected chi connectivity index (χ3v) is 7.96. The van der Waals surface area contributed by atoms with Gasteiger partial charge in [-0.25, -0.2) is 0 Å². The second-order valence-corrected chi connectivity index (χ2v) is 13.1. The number of hydrogen-bond donors (Lipinski definition) is 0. The molecule has 234 valence electrons. The quantitative estimate of drug-likeness (QED) is 0.126. The van der Waals surface area contributed by atoms with Crippen LogP contribution in [0.3, 0.4) is 0 Å². The predicted octanol–water partition coefficient (Wildman–Crippen LogP) is 7.55. The first-order chi connectivity index (χ1) is 20.1. The van der Waals surface area contributed by atoms with E-state index in [0.29, 0.717) is 63.3 Å². The second-order valence-electron chi connectivity index (χ2n) is 13.1. The van der Waals surface area contributed by atoms with E-state index in [2.05, 4.69) is 79.7 Å². The van der Waals surface area contributed by atoms with Gasteiger partial charge in [-0.2, -0.15) is 0 Å². The Kier molecular flexibility index (Phi) is 12.1. The van der Waals surface area contributed by atoms with Crippen LogP contribution in [0.15, 0.2) is 24.3 Å². The van der Waals surface area contributed by atoms with E-state index in [4.69, 9.17) is 28.4 Å². The maximum Gasteiger partial charge on any atom is 0.126 e. The number of epoxide rings is 2. The van der Waals surface area contributed by atoms with Crippen LogP contribution in [0.5, 0.6) is 11.5 Å². The largest absolute Gasteiger partial charge is 0.491 e. The zero-order chi connectivity index (χ0) is 30.2. The average molecular weight is 583 g/mol. The van der Waals surface area contributed by atoms with Gasteiger partial charge in [0.15, 0.2) is 0 Å². The van der Waals surface area contributed by atoms with Crippen LogP contribution in [-0.2, 0) is 31.8 Å². The summed E-state index contributed by atoms with van der Waals surface area (Å²) in [5.41, 5.74) is 7.87. The van der Waals surface area contributed by atoms with E-state index < -0.39 is 0 Å². The fourth-order valence-corrected chi connectivity index (χ4v) is 5.27. The molecule has 0 spiro atoms. The highest BCUT2D eigenvalue weighted by molar-refractivity contribution is 5.50. The molecule has 6 heteroatoms. The Labute approximate surface area is 254 Å². The third-order valence-electron chi connectivity index (χ3n) is 7.96. The summed E-state index contributed by atoms with van der Waals surface area (Å²) in [4.78, 5) is 0. The van der Waals surface area contributed by atoms with E-state index in [1.807, 2.05) is 0 Å². The molecule has 0 radical (unpaired) electrons. The Hall–Kier alpha value is -2.12. The molecule has 2 aromatic rings. The summed E-state index contributed by atoms with van der Waals surface area (Å²) in [6.07, 6.45) is 2.53. The van der Waals surface area contributed by atoms with Gasteiger partial charge < -0.3 is 28.4 Å². The first-order valence-electron chi connectivity index (χ1n) is 16.1. The van der Waals surface area contributed by atoms with Gasteiger partial charge in [-0.3, -0.25) is 0 Å². The molecule has 4 rings (SSSR count). The van der Waals surface area contributed by atoms with Crippen LogP contribution in [0, 0.1) is 0 Å². The van der Waals surface area contributed by atoms with Crippen molar-refractivity contribution in [3.05, 3.63) is 57.6 Å². The van der Waals surface area contributed by atoms with Crippen LogP contribution >= 0.6 is 0 Å². The molecule has 0 aromatic heterocycles. The lowest BCUT2D eigenvalue weighted by Gasteiger charge is -2.23. The van der Waals surface area contributed by atoms with E-state index in [-0.39, 0.29) is 12.2 Å². The summed E-state index contributed by atoms with van der Waals surface area (Å²) in [7, 11) is 0. The number of ether oxygens (including phenoxy) is 6. The van der Waals surface area contributed by atoms with Crippen molar-refractivity contribution in [3.8, 4) is 11.5 Å². The van der Waals surface area contributed by atoms with Gasteiger partial charge in [0.25, 0.3) is 0 Å². The summed E-state index contributed by atoms with van der Waals surface area (Å²) < 4.78 is 34.7. The Bertz CT molecular complexity index is 982. The molecule has 0 saturated carbocycles. The van der Waals surface area contributed by atoms with E-state index in [0.717, 1.165) is 37.6 Å². The number of hydrogen-bond acceptors (Lipinski definition) is 6. The van der Waals surface area contributed by atoms with E-state index in [9.17, 15) is 0 Å². The molecule has 0 bridgehead atoms. The van der Waals surface area contributed by atoms with Crippen molar-refractivity contribution in [1.82, 2.24) is 0 Å². The predicted molar refractivity (Wildman–Crippen MR) is 169 cm³/mol. The summed E-state index contributed by atoms with van der Waals surface area (Å²) in [6, 6.07) is 9.45. The molecule has 2 saturated heterocycles. The minimum Gasteiger partial charge on any atom is -0.491 e. The maximum atomic E-state index is 6.38. The molecular formula is C36H54O6. The fraction of sp³-hybridized carbons (Fsp3) is 0.667. The fourth-order valence-electron chi connectivity index (χ4n) is 5.27. The van der Waals surface area contributed by atoms with Crippen LogP contribution in [0.4, 0.5) is 0 Å². The maximum absolute atomic E-state index is 6.38. The molecule has 0 N–H and O–H groups in total. The minimum atomic E-state index is 0.283. The lowest BCUT2D eigenvalue weighted by molar-refractivity contribution is 0.0871. The van der Waals surface area contributed by atoms with Gasteiger partial charge >= 0.3 is 0 Å². The molecule has 0 amide bonds. The topological polar surface area (TPSA) is 62.0 Å². The number of benzene rings is 2. The summed E-state index contributed by atoms with van der Waals surface area (Å²) in [6.45, 7) is 23.2. The van der Waals surface area contributed by atoms with Gasteiger partial charge in [-0.15, -0.1) is 0 Å². The standard InChI is InChI=1S/C36H54O6/c1-23(2)31-15-27(16-32(24(3)4)35(31)39-13-11-37-19-29-21-41-29)9-10-28-17-33(25(5)6)36(34(18-28)26(7)8)40-14-12-38-20-30-22-42-30/h15-18,23-26,29-30H,9-14,19-22H2,1-8H3. The van der Waals surface area contributed by atoms with Gasteiger partial charge in [-0.1, -0.05) is 79.7 Å². The van der Waals surface area contributed by atoms with Crippen molar-refractivity contribution >= 4 is 0 Å². The molecule has 2 unspecified atom stereocenters. The molecule has 2 aliphatic heterocycles. The highest BCUT2D eigenvalue weighted by Gasteiger charge is 2.24. The van der Waals surface area contributed by atoms with E-state index in [1.165, 1.54) is 33.4 Å². The van der Waals surface area contributed by atoms with Crippen LogP contribution in [0.25, 0.3) is 0 Å². The average Bonchev–Trinajstić information content (AvgIpc) is 3.87. The van der Waals surface area contributed by atoms with E-state index >= 15 is 0 Å². The van der Waals surface area contributed by atoms with Crippen LogP contribution in [0.1, 0.15) is 112 Å². The molecular weight excluding hydrogens is 528 g/mol. The lowest BCUT2D eigenvalue weighted by Crippen LogP contribution is -2.13. The second kappa shape index (κ2) is 15.6. The Morgan fingerprint density at radius 1 is 0.548 bits per heavy atom. The van der Waals surface area contributed by atoms with Gasteiger partial charge in [0.1, 0.15) is 36.9 Å². The van der Waals surface area contributed by atoms with Crippen LogP contribution in [-0.4, -0.2) is 65.1 Å². The summed E-state index contributed by atoms with van der Waals surface area (Å²) in [5, 5.41) is 0. The normalized spacial score (nSPS) is 18.0. The van der Waals surface area contributed by atoms with Crippen molar-refractivity contribution in [2.24, 2.45) is 0 Å². The van der Waals surface area contributed by atoms with Crippen LogP contribution < -0.4 is 9.47 Å². The third kappa shape index (κ3) is 9.70. The minimum absolute atomic E-state index is 0.283. The molecule has 6 nitrogen and oxygen atoms in total. The SMILES string of the molecule is CC(C)c1cc(CCc2cc(C(C)C)c(OCCOCC3CO3)c(C(C)C)c2)cc(C(C)C)c1OCCOCC1CO1. The monoisotopic (exact) mass is 582 g/mol. The van der Waals surface area contributed by atoms with Crippen LogP contribution in [0.2, 0.25) is 0 Å². The van der Waals surface area contributed by atoms with Crippen molar-refractivity contribution in [2.75, 3.05) is 52.9 Å². The highest BCUT2D eigenvalue weighted by Crippen LogP contribution is 2.38.